The number of thiazole rings is 1. The van der Waals surface area contributed by atoms with Crippen LogP contribution in [0.4, 0.5) is 4.39 Å². The van der Waals surface area contributed by atoms with Gasteiger partial charge in [0.15, 0.2) is 5.96 Å². The molecule has 0 aliphatic carbocycles. The van der Waals surface area contributed by atoms with Crippen LogP contribution in [0.1, 0.15) is 23.1 Å². The highest BCUT2D eigenvalue weighted by atomic mass is 127. The Bertz CT molecular complexity index is 630. The molecule has 1 aromatic carbocycles. The standard InChI is InChI=1S/C16H21FN4S.HI/c1-3-18-16(20-10-15-12(2)21-11-22-15)19-9-8-13-6-4-5-7-14(13)17;/h4-7,11H,3,8-10H2,1-2H3,(H2,18,19,20);1H. The van der Waals surface area contributed by atoms with E-state index in [1.54, 1.807) is 17.4 Å². The summed E-state index contributed by atoms with van der Waals surface area (Å²) in [6.07, 6.45) is 0.622. The number of hydrogen-bond donors (Lipinski definition) is 2. The van der Waals surface area contributed by atoms with Crippen LogP contribution in [0.3, 0.4) is 0 Å². The highest BCUT2D eigenvalue weighted by Gasteiger charge is 2.03. The number of benzene rings is 1. The lowest BCUT2D eigenvalue weighted by molar-refractivity contribution is 0.606. The lowest BCUT2D eigenvalue weighted by atomic mass is 10.1. The number of aryl methyl sites for hydroxylation is 1. The number of aliphatic imine (C=N–C) groups is 1. The number of aromatic nitrogens is 1. The lowest BCUT2D eigenvalue weighted by Crippen LogP contribution is -2.38. The van der Waals surface area contributed by atoms with Gasteiger partial charge in [0, 0.05) is 18.0 Å². The minimum atomic E-state index is -0.161. The van der Waals surface area contributed by atoms with Crippen LogP contribution in [-0.2, 0) is 13.0 Å². The molecule has 0 saturated carbocycles. The van der Waals surface area contributed by atoms with Crippen molar-refractivity contribution < 1.29 is 4.39 Å². The van der Waals surface area contributed by atoms with E-state index in [2.05, 4.69) is 20.6 Å². The Morgan fingerprint density at radius 1 is 1.30 bits per heavy atom. The molecule has 126 valence electrons. The van der Waals surface area contributed by atoms with Crippen LogP contribution in [0.25, 0.3) is 0 Å². The zero-order valence-corrected chi connectivity index (χ0v) is 16.5. The van der Waals surface area contributed by atoms with Gasteiger partial charge in [0.05, 0.1) is 17.7 Å². The number of nitrogens with zero attached hydrogens (tertiary/aromatic N) is 2. The Kier molecular flexibility index (Phi) is 9.08. The maximum Gasteiger partial charge on any atom is 0.191 e. The van der Waals surface area contributed by atoms with E-state index in [1.165, 1.54) is 6.07 Å². The van der Waals surface area contributed by atoms with E-state index in [1.807, 2.05) is 31.5 Å². The van der Waals surface area contributed by atoms with Crippen molar-refractivity contribution in [2.24, 2.45) is 4.99 Å². The third-order valence-corrected chi connectivity index (χ3v) is 4.13. The fourth-order valence-corrected chi connectivity index (χ4v) is 2.69. The number of nitrogens with one attached hydrogen (secondary N) is 2. The van der Waals surface area contributed by atoms with E-state index in [-0.39, 0.29) is 29.8 Å². The number of hydrogen-bond acceptors (Lipinski definition) is 3. The molecule has 0 spiro atoms. The summed E-state index contributed by atoms with van der Waals surface area (Å²) in [6.45, 7) is 6.03. The molecule has 4 nitrogen and oxygen atoms in total. The molecule has 0 aliphatic heterocycles. The summed E-state index contributed by atoms with van der Waals surface area (Å²) < 4.78 is 13.6. The Balaban J connectivity index is 0.00000264. The first kappa shape index (κ1) is 19.8. The minimum Gasteiger partial charge on any atom is -0.357 e. The molecule has 23 heavy (non-hydrogen) atoms. The lowest BCUT2D eigenvalue weighted by Gasteiger charge is -2.11. The quantitative estimate of drug-likeness (QED) is 0.404. The van der Waals surface area contributed by atoms with Gasteiger partial charge in [-0.3, -0.25) is 0 Å². The van der Waals surface area contributed by atoms with Gasteiger partial charge in [-0.1, -0.05) is 18.2 Å². The van der Waals surface area contributed by atoms with Crippen molar-refractivity contribution in [3.63, 3.8) is 0 Å². The molecule has 0 bridgehead atoms. The zero-order valence-electron chi connectivity index (χ0n) is 13.3. The Labute approximate surface area is 157 Å². The summed E-state index contributed by atoms with van der Waals surface area (Å²) in [5, 5.41) is 6.43. The molecule has 1 heterocycles. The summed E-state index contributed by atoms with van der Waals surface area (Å²) in [5.74, 6) is 0.582. The van der Waals surface area contributed by atoms with Crippen LogP contribution >= 0.6 is 35.3 Å². The average Bonchev–Trinajstić information content (AvgIpc) is 2.92. The SMILES string of the molecule is CCNC(=NCc1scnc1C)NCCc1ccccc1F.I. The van der Waals surface area contributed by atoms with Gasteiger partial charge in [0.25, 0.3) is 0 Å². The first-order valence-electron chi connectivity index (χ1n) is 7.35. The highest BCUT2D eigenvalue weighted by molar-refractivity contribution is 14.0. The highest BCUT2D eigenvalue weighted by Crippen LogP contribution is 2.12. The third-order valence-electron chi connectivity index (χ3n) is 3.21. The molecular formula is C16H22FIN4S. The summed E-state index contributed by atoms with van der Waals surface area (Å²) >= 11 is 1.61. The largest absolute Gasteiger partial charge is 0.357 e. The van der Waals surface area contributed by atoms with Crippen LogP contribution in [0, 0.1) is 12.7 Å². The van der Waals surface area contributed by atoms with Gasteiger partial charge in [0.2, 0.25) is 0 Å². The summed E-state index contributed by atoms with van der Waals surface area (Å²) in [4.78, 5) is 9.92. The molecule has 0 radical (unpaired) electrons. The fraction of sp³-hybridized carbons (Fsp3) is 0.375. The van der Waals surface area contributed by atoms with Crippen LogP contribution in [-0.4, -0.2) is 24.0 Å². The zero-order chi connectivity index (χ0) is 15.8. The maximum absolute atomic E-state index is 13.6. The topological polar surface area (TPSA) is 49.3 Å². The Morgan fingerprint density at radius 2 is 2.09 bits per heavy atom. The van der Waals surface area contributed by atoms with Gasteiger partial charge in [0.1, 0.15) is 5.82 Å². The molecule has 2 aromatic rings. The van der Waals surface area contributed by atoms with Gasteiger partial charge in [-0.2, -0.15) is 0 Å². The van der Waals surface area contributed by atoms with Gasteiger partial charge in [-0.25, -0.2) is 14.4 Å². The van der Waals surface area contributed by atoms with Gasteiger partial charge in [-0.15, -0.1) is 35.3 Å². The molecule has 2 N–H and O–H groups in total. The van der Waals surface area contributed by atoms with E-state index >= 15 is 0 Å². The second kappa shape index (κ2) is 10.5. The second-order valence-electron chi connectivity index (χ2n) is 4.82. The molecule has 0 saturated heterocycles. The molecule has 2 rings (SSSR count). The van der Waals surface area contributed by atoms with Crippen molar-refractivity contribution in [2.75, 3.05) is 13.1 Å². The molecule has 0 amide bonds. The van der Waals surface area contributed by atoms with E-state index in [4.69, 9.17) is 0 Å². The Morgan fingerprint density at radius 3 is 2.74 bits per heavy atom. The first-order chi connectivity index (χ1) is 10.7. The van der Waals surface area contributed by atoms with E-state index in [9.17, 15) is 4.39 Å². The molecule has 0 atom stereocenters. The van der Waals surface area contributed by atoms with Gasteiger partial charge < -0.3 is 10.6 Å². The monoisotopic (exact) mass is 448 g/mol. The first-order valence-corrected chi connectivity index (χ1v) is 8.23. The summed E-state index contributed by atoms with van der Waals surface area (Å²) in [6, 6.07) is 6.85. The number of guanidine groups is 1. The number of halogens is 2. The summed E-state index contributed by atoms with van der Waals surface area (Å²) in [7, 11) is 0. The maximum atomic E-state index is 13.6. The predicted molar refractivity (Wildman–Crippen MR) is 105 cm³/mol. The average molecular weight is 448 g/mol. The normalized spacial score (nSPS) is 11.0. The smallest absolute Gasteiger partial charge is 0.191 e. The van der Waals surface area contributed by atoms with Crippen molar-refractivity contribution in [3.05, 3.63) is 51.7 Å². The molecule has 7 heteroatoms. The van der Waals surface area contributed by atoms with Crippen molar-refractivity contribution in [1.82, 2.24) is 15.6 Å². The Hall–Kier alpha value is -1.22. The minimum absolute atomic E-state index is 0. The second-order valence-corrected chi connectivity index (χ2v) is 5.76. The summed E-state index contributed by atoms with van der Waals surface area (Å²) in [5.41, 5.74) is 3.57. The molecular weight excluding hydrogens is 426 g/mol. The molecule has 0 unspecified atom stereocenters. The fourth-order valence-electron chi connectivity index (χ4n) is 1.99. The van der Waals surface area contributed by atoms with Crippen LogP contribution in [0.2, 0.25) is 0 Å². The van der Waals surface area contributed by atoms with Crippen molar-refractivity contribution in [1.29, 1.82) is 0 Å². The van der Waals surface area contributed by atoms with E-state index < -0.39 is 0 Å². The van der Waals surface area contributed by atoms with Gasteiger partial charge in [-0.05, 0) is 31.9 Å². The molecule has 0 aliphatic rings. The van der Waals surface area contributed by atoms with Crippen LogP contribution in [0.15, 0.2) is 34.8 Å². The molecule has 0 fully saturated rings. The van der Waals surface area contributed by atoms with E-state index in [0.717, 1.165) is 23.1 Å². The van der Waals surface area contributed by atoms with Gasteiger partial charge >= 0.3 is 0 Å². The molecule has 1 aromatic heterocycles. The third kappa shape index (κ3) is 6.42. The van der Waals surface area contributed by atoms with Crippen LogP contribution in [0.5, 0.6) is 0 Å². The van der Waals surface area contributed by atoms with Crippen molar-refractivity contribution >= 4 is 41.3 Å². The number of rotatable bonds is 6. The van der Waals surface area contributed by atoms with Crippen LogP contribution < -0.4 is 10.6 Å². The van der Waals surface area contributed by atoms with Crippen molar-refractivity contribution in [3.8, 4) is 0 Å². The van der Waals surface area contributed by atoms with Crippen molar-refractivity contribution in [2.45, 2.75) is 26.8 Å². The van der Waals surface area contributed by atoms with E-state index in [0.29, 0.717) is 25.1 Å². The predicted octanol–water partition coefficient (Wildman–Crippen LogP) is 3.51.